The van der Waals surface area contributed by atoms with Gasteiger partial charge in [0.25, 0.3) is 0 Å². The van der Waals surface area contributed by atoms with E-state index in [0.29, 0.717) is 13.2 Å². The molecule has 26 heavy (non-hydrogen) atoms. The van der Waals surface area contributed by atoms with Crippen LogP contribution < -0.4 is 0 Å². The molecule has 4 rings (SSSR count). The largest absolute Gasteiger partial charge is 0.448 e. The van der Waals surface area contributed by atoms with Crippen LogP contribution in [-0.4, -0.2) is 25.4 Å². The molecular weight excluding hydrogens is 511 g/mol. The first kappa shape index (κ1) is 19.4. The molecule has 2 aromatic carbocycles. The van der Waals surface area contributed by atoms with E-state index in [0.717, 1.165) is 22.2 Å². The molecule has 2 aliphatic rings. The van der Waals surface area contributed by atoms with Gasteiger partial charge in [-0.3, -0.25) is 0 Å². The van der Waals surface area contributed by atoms with Crippen molar-refractivity contribution >= 4 is 40.5 Å². The van der Waals surface area contributed by atoms with Crippen LogP contribution in [0.1, 0.15) is 23.2 Å². The van der Waals surface area contributed by atoms with Gasteiger partial charge in [0.05, 0.1) is 0 Å². The molecule has 5 nitrogen and oxygen atoms in total. The van der Waals surface area contributed by atoms with Crippen molar-refractivity contribution < 1.29 is 25.3 Å². The number of benzene rings is 2. The van der Waals surface area contributed by atoms with Crippen LogP contribution >= 0.6 is 28.3 Å². The van der Waals surface area contributed by atoms with Crippen molar-refractivity contribution in [3.05, 3.63) is 71.8 Å². The molecule has 2 heterocycles. The zero-order valence-electron chi connectivity index (χ0n) is 13.6. The second-order valence-electron chi connectivity index (χ2n) is 5.41. The quantitative estimate of drug-likeness (QED) is 0.556. The number of hydrogen-bond acceptors (Lipinski definition) is 5. The molecule has 2 aliphatic heterocycles. The van der Waals surface area contributed by atoms with E-state index in [1.54, 1.807) is 0 Å². The van der Waals surface area contributed by atoms with E-state index in [1.807, 2.05) is 60.7 Å². The van der Waals surface area contributed by atoms with E-state index in [9.17, 15) is 0 Å². The number of hydrogen-bond donors (Lipinski definition) is 0. The maximum Gasteiger partial charge on any atom is 0.393 e. The molecule has 0 saturated carbocycles. The van der Waals surface area contributed by atoms with Crippen molar-refractivity contribution in [2.24, 2.45) is 9.98 Å². The first-order valence-electron chi connectivity index (χ1n) is 7.82. The molecule has 0 fully saturated rings. The van der Waals surface area contributed by atoms with Gasteiger partial charge in [0.2, 0.25) is 0 Å². The van der Waals surface area contributed by atoms with Crippen LogP contribution in [0.3, 0.4) is 0 Å². The van der Waals surface area contributed by atoms with Gasteiger partial charge in [0.1, 0.15) is 25.3 Å². The van der Waals surface area contributed by atoms with Crippen molar-refractivity contribution in [1.82, 2.24) is 0 Å². The van der Waals surface area contributed by atoms with Gasteiger partial charge in [0.15, 0.2) is 0 Å². The van der Waals surface area contributed by atoms with Gasteiger partial charge >= 0.3 is 51.6 Å². The Balaban J connectivity index is 0.000000613. The summed E-state index contributed by atoms with van der Waals surface area (Å²) in [5, 5.41) is 0. The van der Waals surface area contributed by atoms with E-state index in [2.05, 4.69) is 38.3 Å². The minimum Gasteiger partial charge on any atom is -0.448 e. The minimum atomic E-state index is -0.0434. The average Bonchev–Trinajstić information content (AvgIpc) is 3.34. The summed E-state index contributed by atoms with van der Waals surface area (Å²) < 4.78 is 16.5. The second-order valence-corrected chi connectivity index (χ2v) is 10.7. The van der Waals surface area contributed by atoms with Gasteiger partial charge in [-0.1, -0.05) is 60.7 Å². The van der Waals surface area contributed by atoms with Gasteiger partial charge in [-0.15, -0.1) is 0 Å². The van der Waals surface area contributed by atoms with Gasteiger partial charge in [0, 0.05) is 0 Å². The first-order valence-corrected chi connectivity index (χ1v) is 13.0. The minimum absolute atomic E-state index is 0.0434. The molecule has 0 amide bonds. The van der Waals surface area contributed by atoms with Crippen LogP contribution in [0.2, 0.25) is 0 Å². The first-order chi connectivity index (χ1) is 12.8. The van der Waals surface area contributed by atoms with Crippen molar-refractivity contribution in [3.8, 4) is 0 Å². The fourth-order valence-corrected chi connectivity index (χ4v) is 2.58. The normalized spacial score (nSPS) is 21.0. The number of aliphatic imine (C=N–C) groups is 2. The predicted octanol–water partition coefficient (Wildman–Crippen LogP) is 4.95. The van der Waals surface area contributed by atoms with Crippen LogP contribution in [-0.2, 0) is 25.3 Å². The summed E-state index contributed by atoms with van der Waals surface area (Å²) in [4.78, 5) is 8.86. The summed E-state index contributed by atoms with van der Waals surface area (Å²) in [6, 6.07) is 19.9. The van der Waals surface area contributed by atoms with Crippen molar-refractivity contribution in [2.75, 3.05) is 13.2 Å². The number of halogens is 2. The molecule has 2 atom stereocenters. The third-order valence-electron chi connectivity index (χ3n) is 3.80. The second kappa shape index (κ2) is 10.1. The standard InChI is InChI=1S/C18H16N2O3.2BrH.Co/c1-3-7-13(8-4-1)15-11-21-17(19-15)23-18-20-16(12-22-18)14-9-5-2-6-10-14;;;/h1-10,15-16H,11-12H2;2*1H;/q;;;+2/p-2. The Morgan fingerprint density at radius 3 is 1.54 bits per heavy atom. The van der Waals surface area contributed by atoms with E-state index >= 15 is 0 Å². The third-order valence-corrected chi connectivity index (χ3v) is 3.80. The predicted molar refractivity (Wildman–Crippen MR) is 104 cm³/mol. The molecule has 0 spiro atoms. The summed E-state index contributed by atoms with van der Waals surface area (Å²) in [7, 11) is 0. The van der Waals surface area contributed by atoms with Gasteiger partial charge < -0.3 is 14.2 Å². The molecule has 2 aromatic rings. The summed E-state index contributed by atoms with van der Waals surface area (Å²) in [6.07, 6.45) is 0.428. The zero-order chi connectivity index (χ0) is 18.2. The molecule has 0 radical (unpaired) electrons. The topological polar surface area (TPSA) is 52.4 Å². The summed E-state index contributed by atoms with van der Waals surface area (Å²) in [5.41, 5.74) is 2.20. The maximum absolute atomic E-state index is 5.53. The van der Waals surface area contributed by atoms with Crippen LogP contribution in [0.4, 0.5) is 0 Å². The average molecular weight is 527 g/mol. The summed E-state index contributed by atoms with van der Waals surface area (Å²) in [6.45, 7) is 0.934. The van der Waals surface area contributed by atoms with E-state index in [1.165, 1.54) is 0 Å². The Hall–Kier alpha value is -1.35. The SMILES string of the molecule is [Br][Co][Br].c1ccc(C2COC(OC3=NC(c4ccccc4)CO3)=N2)cc1. The van der Waals surface area contributed by atoms with Crippen molar-refractivity contribution in [2.45, 2.75) is 12.1 Å². The molecule has 139 valence electrons. The number of nitrogens with zero attached hydrogens (tertiary/aromatic N) is 2. The molecular formula is C18H16Br2CoN2O3. The molecule has 0 bridgehead atoms. The Bertz CT molecular complexity index is 696. The molecule has 8 heteroatoms. The van der Waals surface area contributed by atoms with Crippen molar-refractivity contribution in [3.63, 3.8) is 0 Å². The van der Waals surface area contributed by atoms with Crippen LogP contribution in [0, 0.1) is 0 Å². The Kier molecular flexibility index (Phi) is 7.54. The zero-order valence-corrected chi connectivity index (χ0v) is 17.8. The third kappa shape index (κ3) is 5.32. The van der Waals surface area contributed by atoms with Crippen LogP contribution in [0.5, 0.6) is 0 Å². The fourth-order valence-electron chi connectivity index (χ4n) is 2.58. The summed E-state index contributed by atoms with van der Waals surface area (Å²) >= 11 is 7.12. The summed E-state index contributed by atoms with van der Waals surface area (Å²) in [5.74, 6) is 0. The molecule has 0 aliphatic carbocycles. The maximum atomic E-state index is 5.53. The molecule has 2 unspecified atom stereocenters. The fraction of sp³-hybridized carbons (Fsp3) is 0.222. The molecule has 0 N–H and O–H groups in total. The van der Waals surface area contributed by atoms with E-state index in [-0.39, 0.29) is 24.3 Å². The van der Waals surface area contributed by atoms with Crippen molar-refractivity contribution in [1.29, 1.82) is 0 Å². The van der Waals surface area contributed by atoms with Gasteiger partial charge in [-0.25, -0.2) is 9.98 Å². The Morgan fingerprint density at radius 2 is 1.15 bits per heavy atom. The molecule has 0 aromatic heterocycles. The number of rotatable bonds is 2. The van der Waals surface area contributed by atoms with Gasteiger partial charge in [-0.2, -0.15) is 0 Å². The van der Waals surface area contributed by atoms with E-state index in [4.69, 9.17) is 14.2 Å². The molecule has 0 saturated heterocycles. The Labute approximate surface area is 172 Å². The van der Waals surface area contributed by atoms with Crippen LogP contribution in [0.25, 0.3) is 0 Å². The smallest absolute Gasteiger partial charge is 0.393 e. The Morgan fingerprint density at radius 1 is 0.769 bits per heavy atom. The van der Waals surface area contributed by atoms with E-state index < -0.39 is 0 Å². The van der Waals surface area contributed by atoms with Gasteiger partial charge in [-0.05, 0) is 11.1 Å². The van der Waals surface area contributed by atoms with Crippen LogP contribution in [0.15, 0.2) is 70.6 Å². The number of ether oxygens (including phenoxy) is 3. The monoisotopic (exact) mass is 525 g/mol.